The van der Waals surface area contributed by atoms with Crippen LogP contribution >= 0.6 is 0 Å². The average Bonchev–Trinajstić information content (AvgIpc) is 3.09. The maximum atomic E-state index is 12.6. The summed E-state index contributed by atoms with van der Waals surface area (Å²) in [6.07, 6.45) is 0.759. The largest absolute Gasteiger partial charge is 0.353 e. The number of likely N-dealkylation sites (tertiary alicyclic amines) is 1. The van der Waals surface area contributed by atoms with Crippen LogP contribution in [0.5, 0.6) is 0 Å². The number of nitrogens with one attached hydrogen (secondary N) is 2. The van der Waals surface area contributed by atoms with Gasteiger partial charge in [0, 0.05) is 39.6 Å². The molecule has 0 aliphatic carbocycles. The van der Waals surface area contributed by atoms with Gasteiger partial charge in [-0.1, -0.05) is 13.8 Å². The third kappa shape index (κ3) is 5.88. The van der Waals surface area contributed by atoms with Crippen LogP contribution in [0.15, 0.2) is 0 Å². The molecule has 2 rings (SSSR count). The summed E-state index contributed by atoms with van der Waals surface area (Å²) in [7, 11) is -4.00. The maximum absolute atomic E-state index is 12.6. The first-order valence-electron chi connectivity index (χ1n) is 9.20. The highest BCUT2D eigenvalue weighted by Gasteiger charge is 2.40. The van der Waals surface area contributed by atoms with E-state index in [-0.39, 0.29) is 48.3 Å². The molecule has 2 amide bonds. The van der Waals surface area contributed by atoms with Crippen molar-refractivity contribution in [1.29, 1.82) is 0 Å². The topological polar surface area (TPSA) is 133 Å². The van der Waals surface area contributed by atoms with E-state index in [0.29, 0.717) is 13.0 Å². The Bertz CT molecular complexity index is 822. The van der Waals surface area contributed by atoms with Crippen molar-refractivity contribution in [3.05, 3.63) is 0 Å². The molecule has 2 heterocycles. The molecule has 1 unspecified atom stereocenters. The molecule has 10 nitrogen and oxygen atoms in total. The molecule has 162 valence electrons. The number of carbonyl (C=O) groups excluding carboxylic acids is 2. The van der Waals surface area contributed by atoms with Crippen molar-refractivity contribution >= 4 is 31.9 Å². The molecular formula is C16H30N4O6S2. The molecule has 0 aromatic rings. The van der Waals surface area contributed by atoms with Crippen LogP contribution in [0.4, 0.5) is 0 Å². The summed E-state index contributed by atoms with van der Waals surface area (Å²) >= 11 is 0. The first kappa shape index (κ1) is 23.0. The molecule has 2 aliphatic heterocycles. The minimum atomic E-state index is -3.47. The Morgan fingerprint density at radius 2 is 1.93 bits per heavy atom. The molecule has 2 atom stereocenters. The third-order valence-electron chi connectivity index (χ3n) is 5.10. The molecule has 0 bridgehead atoms. The lowest BCUT2D eigenvalue weighted by Gasteiger charge is -2.26. The van der Waals surface area contributed by atoms with Gasteiger partial charge in [-0.15, -0.1) is 0 Å². The van der Waals surface area contributed by atoms with E-state index in [1.54, 1.807) is 4.90 Å². The van der Waals surface area contributed by atoms with Crippen molar-refractivity contribution in [2.24, 2.45) is 5.41 Å². The van der Waals surface area contributed by atoms with Crippen LogP contribution in [0.1, 0.15) is 33.1 Å². The molecule has 0 saturated carbocycles. The van der Waals surface area contributed by atoms with Gasteiger partial charge in [-0.05, 0) is 18.3 Å². The number of hydrogen-bond donors (Lipinski definition) is 2. The molecule has 0 radical (unpaired) electrons. The van der Waals surface area contributed by atoms with E-state index in [4.69, 9.17) is 0 Å². The molecule has 12 heteroatoms. The molecule has 0 aromatic carbocycles. The molecule has 2 N–H and O–H groups in total. The van der Waals surface area contributed by atoms with Gasteiger partial charge in [0.1, 0.15) is 6.04 Å². The Morgan fingerprint density at radius 1 is 1.29 bits per heavy atom. The fourth-order valence-corrected chi connectivity index (χ4v) is 5.67. The van der Waals surface area contributed by atoms with Gasteiger partial charge in [0.05, 0.1) is 11.5 Å². The predicted octanol–water partition coefficient (Wildman–Crippen LogP) is -1.30. The highest BCUT2D eigenvalue weighted by Crippen LogP contribution is 2.34. The quantitative estimate of drug-likeness (QED) is 0.508. The minimum absolute atomic E-state index is 0.0769. The molecule has 2 saturated heterocycles. The van der Waals surface area contributed by atoms with Gasteiger partial charge in [0.2, 0.25) is 31.9 Å². The molecule has 0 spiro atoms. The van der Waals surface area contributed by atoms with E-state index in [0.717, 1.165) is 4.31 Å². The smallest absolute Gasteiger partial charge is 0.238 e. The van der Waals surface area contributed by atoms with Crippen LogP contribution < -0.4 is 10.0 Å². The highest BCUT2D eigenvalue weighted by molar-refractivity contribution is 7.89. The van der Waals surface area contributed by atoms with Crippen molar-refractivity contribution in [3.8, 4) is 0 Å². The van der Waals surface area contributed by atoms with Crippen molar-refractivity contribution in [3.63, 3.8) is 0 Å². The predicted molar refractivity (Wildman–Crippen MR) is 104 cm³/mol. The molecular weight excluding hydrogens is 408 g/mol. The highest BCUT2D eigenvalue weighted by atomic mass is 32.2. The summed E-state index contributed by atoms with van der Waals surface area (Å²) in [6, 6.07) is -1.04. The molecule has 28 heavy (non-hydrogen) atoms. The van der Waals surface area contributed by atoms with Gasteiger partial charge in [-0.3, -0.25) is 9.59 Å². The average molecular weight is 439 g/mol. The second kappa shape index (κ2) is 8.25. The minimum Gasteiger partial charge on any atom is -0.353 e. The molecule has 2 aliphatic rings. The maximum Gasteiger partial charge on any atom is 0.238 e. The first-order valence-corrected chi connectivity index (χ1v) is 12.5. The number of amides is 2. The molecule has 0 aromatic heterocycles. The Hall–Kier alpha value is -1.24. The van der Waals surface area contributed by atoms with Crippen molar-refractivity contribution in [2.75, 3.05) is 38.7 Å². The summed E-state index contributed by atoms with van der Waals surface area (Å²) in [5.41, 5.74) is -0.152. The van der Waals surface area contributed by atoms with E-state index in [1.807, 2.05) is 13.8 Å². The second-order valence-electron chi connectivity index (χ2n) is 8.42. The zero-order valence-corrected chi connectivity index (χ0v) is 18.4. The van der Waals surface area contributed by atoms with Crippen LogP contribution in [0, 0.1) is 5.41 Å². The summed E-state index contributed by atoms with van der Waals surface area (Å²) in [5.74, 6) is -1.02. The Kier molecular flexibility index (Phi) is 6.79. The van der Waals surface area contributed by atoms with Crippen molar-refractivity contribution in [1.82, 2.24) is 19.2 Å². The summed E-state index contributed by atoms with van der Waals surface area (Å²) in [6.45, 7) is 4.70. The van der Waals surface area contributed by atoms with E-state index in [9.17, 15) is 26.4 Å². The summed E-state index contributed by atoms with van der Waals surface area (Å²) in [4.78, 5) is 26.5. The van der Waals surface area contributed by atoms with Crippen LogP contribution in [-0.2, 0) is 29.6 Å². The Labute approximate surface area is 167 Å². The monoisotopic (exact) mass is 438 g/mol. The normalized spacial score (nSPS) is 26.5. The third-order valence-corrected chi connectivity index (χ3v) is 8.35. The fourth-order valence-electron chi connectivity index (χ4n) is 3.55. The van der Waals surface area contributed by atoms with E-state index in [1.165, 1.54) is 14.1 Å². The number of nitrogens with zero attached hydrogens (tertiary/aromatic N) is 2. The summed E-state index contributed by atoms with van der Waals surface area (Å²) < 4.78 is 50.1. The second-order valence-corrected chi connectivity index (χ2v) is 12.6. The van der Waals surface area contributed by atoms with Crippen LogP contribution in [0.3, 0.4) is 0 Å². The van der Waals surface area contributed by atoms with Gasteiger partial charge in [0.25, 0.3) is 0 Å². The van der Waals surface area contributed by atoms with Gasteiger partial charge in [0.15, 0.2) is 0 Å². The number of carbonyl (C=O) groups is 2. The van der Waals surface area contributed by atoms with Crippen molar-refractivity contribution < 1.29 is 26.4 Å². The van der Waals surface area contributed by atoms with E-state index < -0.39 is 32.0 Å². The van der Waals surface area contributed by atoms with E-state index >= 15 is 0 Å². The zero-order valence-electron chi connectivity index (χ0n) is 16.8. The van der Waals surface area contributed by atoms with Gasteiger partial charge in [-0.2, -0.15) is 0 Å². The Balaban J connectivity index is 1.96. The van der Waals surface area contributed by atoms with Gasteiger partial charge in [-0.25, -0.2) is 25.9 Å². The fraction of sp³-hybridized carbons (Fsp3) is 0.875. The van der Waals surface area contributed by atoms with Gasteiger partial charge < -0.3 is 10.2 Å². The number of sulfonamides is 2. The summed E-state index contributed by atoms with van der Waals surface area (Å²) in [5, 5.41) is 2.73. The van der Waals surface area contributed by atoms with E-state index in [2.05, 4.69) is 10.0 Å². The van der Waals surface area contributed by atoms with Crippen LogP contribution in [0.25, 0.3) is 0 Å². The SMILES string of the molecule is CN(C)S(=O)(=O)CCC(=O)N1CC(C)(C)C[C@H]1CNC(=O)C1CCS(=O)(=O)N1. The number of rotatable bonds is 7. The zero-order chi connectivity index (χ0) is 21.3. The van der Waals surface area contributed by atoms with Gasteiger partial charge >= 0.3 is 0 Å². The van der Waals surface area contributed by atoms with Crippen molar-refractivity contribution in [2.45, 2.75) is 45.2 Å². The van der Waals surface area contributed by atoms with Crippen LogP contribution in [0.2, 0.25) is 0 Å². The number of hydrogen-bond acceptors (Lipinski definition) is 6. The lowest BCUT2D eigenvalue weighted by molar-refractivity contribution is -0.132. The lowest BCUT2D eigenvalue weighted by atomic mass is 9.90. The van der Waals surface area contributed by atoms with Crippen LogP contribution in [-0.4, -0.2) is 88.6 Å². The lowest BCUT2D eigenvalue weighted by Crippen LogP contribution is -2.48. The Morgan fingerprint density at radius 3 is 2.46 bits per heavy atom. The molecule has 2 fully saturated rings. The standard InChI is InChI=1S/C16H30N4O6S2/c1-16(2)9-12(10-17-15(22)13-5-7-27(23,24)18-13)20(11-16)14(21)6-8-28(25,26)19(3)4/h12-13,18H,5-11H2,1-4H3,(H,17,22)/t12-,13?/m0/s1. The first-order chi connectivity index (χ1) is 12.7.